The molecule has 0 aliphatic carbocycles. The van der Waals surface area contributed by atoms with Gasteiger partial charge in [0.05, 0.1) is 0 Å². The largest absolute Gasteiger partial charge is 0.366 e. The molecular weight excluding hydrogens is 212 g/mol. The monoisotopic (exact) mass is 232 g/mol. The highest BCUT2D eigenvalue weighted by molar-refractivity contribution is 5.92. The number of nitrogens with two attached hydrogens (primary N) is 1. The molecule has 1 aliphatic heterocycles. The first-order chi connectivity index (χ1) is 8.15. The first kappa shape index (κ1) is 12.1. The van der Waals surface area contributed by atoms with Gasteiger partial charge in [0.1, 0.15) is 0 Å². The Labute approximate surface area is 103 Å². The summed E-state index contributed by atoms with van der Waals surface area (Å²) >= 11 is 0. The molecule has 1 aromatic rings. The number of piperidine rings is 1. The molecule has 3 nitrogen and oxygen atoms in total. The summed E-state index contributed by atoms with van der Waals surface area (Å²) in [5.41, 5.74) is 7.12. The van der Waals surface area contributed by atoms with Gasteiger partial charge in [0, 0.05) is 5.56 Å². The van der Waals surface area contributed by atoms with Crippen molar-refractivity contribution >= 4 is 5.91 Å². The summed E-state index contributed by atoms with van der Waals surface area (Å²) in [6.07, 6.45) is 3.66. The van der Waals surface area contributed by atoms with E-state index in [0.29, 0.717) is 5.56 Å². The van der Waals surface area contributed by atoms with Gasteiger partial charge in [0.25, 0.3) is 0 Å². The lowest BCUT2D eigenvalue weighted by molar-refractivity contribution is 0.100. The summed E-state index contributed by atoms with van der Waals surface area (Å²) < 4.78 is 0. The van der Waals surface area contributed by atoms with Crippen LogP contribution in [0.4, 0.5) is 0 Å². The lowest BCUT2D eigenvalue weighted by Crippen LogP contribution is -2.30. The van der Waals surface area contributed by atoms with Crippen molar-refractivity contribution in [2.75, 3.05) is 20.1 Å². The zero-order valence-corrected chi connectivity index (χ0v) is 10.4. The molecule has 0 bridgehead atoms. The zero-order chi connectivity index (χ0) is 12.3. The zero-order valence-electron chi connectivity index (χ0n) is 10.4. The molecule has 3 heteroatoms. The van der Waals surface area contributed by atoms with Crippen molar-refractivity contribution in [1.29, 1.82) is 0 Å². The fourth-order valence-electron chi connectivity index (χ4n) is 2.40. The Morgan fingerprint density at radius 3 is 2.41 bits per heavy atom. The molecule has 1 amide bonds. The maximum atomic E-state index is 11.0. The maximum Gasteiger partial charge on any atom is 0.248 e. The fraction of sp³-hybridized carbons (Fsp3) is 0.500. The lowest BCUT2D eigenvalue weighted by Gasteiger charge is -2.28. The molecule has 0 aromatic heterocycles. The van der Waals surface area contributed by atoms with Crippen molar-refractivity contribution in [3.05, 3.63) is 35.4 Å². The molecule has 1 aliphatic rings. The van der Waals surface area contributed by atoms with Gasteiger partial charge in [-0.2, -0.15) is 0 Å². The maximum absolute atomic E-state index is 11.0. The van der Waals surface area contributed by atoms with E-state index in [4.69, 9.17) is 5.73 Å². The summed E-state index contributed by atoms with van der Waals surface area (Å²) in [4.78, 5) is 13.3. The third kappa shape index (κ3) is 3.30. The van der Waals surface area contributed by atoms with E-state index in [9.17, 15) is 4.79 Å². The molecule has 2 N–H and O–H groups in total. The van der Waals surface area contributed by atoms with Crippen molar-refractivity contribution < 1.29 is 4.79 Å². The van der Waals surface area contributed by atoms with Crippen LogP contribution in [0.2, 0.25) is 0 Å². The van der Waals surface area contributed by atoms with E-state index in [-0.39, 0.29) is 5.91 Å². The van der Waals surface area contributed by atoms with E-state index < -0.39 is 0 Å². The molecule has 17 heavy (non-hydrogen) atoms. The third-order valence-electron chi connectivity index (χ3n) is 3.60. The van der Waals surface area contributed by atoms with Crippen LogP contribution in [0.15, 0.2) is 24.3 Å². The van der Waals surface area contributed by atoms with Gasteiger partial charge in [-0.1, -0.05) is 12.1 Å². The normalized spacial score (nSPS) is 18.2. The number of nitrogens with zero attached hydrogens (tertiary/aromatic N) is 1. The second-order valence-electron chi connectivity index (χ2n) is 5.01. The number of carbonyl (C=O) groups is 1. The number of benzene rings is 1. The number of amides is 1. The van der Waals surface area contributed by atoms with Gasteiger partial charge >= 0.3 is 0 Å². The fourth-order valence-corrected chi connectivity index (χ4v) is 2.40. The number of rotatable bonds is 3. The van der Waals surface area contributed by atoms with Crippen LogP contribution in [0.1, 0.15) is 28.8 Å². The number of primary amides is 1. The number of carbonyl (C=O) groups excluding carboxylic acids is 1. The Morgan fingerprint density at radius 1 is 1.29 bits per heavy atom. The molecule has 0 unspecified atom stereocenters. The topological polar surface area (TPSA) is 46.3 Å². The summed E-state index contributed by atoms with van der Waals surface area (Å²) in [6.45, 7) is 2.40. The lowest BCUT2D eigenvalue weighted by atomic mass is 9.90. The van der Waals surface area contributed by atoms with Crippen LogP contribution in [-0.4, -0.2) is 30.9 Å². The molecule has 0 radical (unpaired) electrons. The average molecular weight is 232 g/mol. The van der Waals surface area contributed by atoms with Gasteiger partial charge in [-0.05, 0) is 63.0 Å². The SMILES string of the molecule is CN1CCC(Cc2ccc(C(N)=O)cc2)CC1. The van der Waals surface area contributed by atoms with Crippen molar-refractivity contribution in [3.8, 4) is 0 Å². The Bertz CT molecular complexity index is 378. The smallest absolute Gasteiger partial charge is 0.248 e. The van der Waals surface area contributed by atoms with Gasteiger partial charge in [-0.15, -0.1) is 0 Å². The first-order valence-electron chi connectivity index (χ1n) is 6.22. The molecule has 1 fully saturated rings. The highest BCUT2D eigenvalue weighted by Gasteiger charge is 2.16. The van der Waals surface area contributed by atoms with Gasteiger partial charge < -0.3 is 10.6 Å². The highest BCUT2D eigenvalue weighted by Crippen LogP contribution is 2.20. The standard InChI is InChI=1S/C14H20N2O/c1-16-8-6-12(7-9-16)10-11-2-4-13(5-3-11)14(15)17/h2-5,12H,6-10H2,1H3,(H2,15,17). The molecule has 2 rings (SSSR count). The molecule has 1 heterocycles. The molecule has 1 saturated heterocycles. The van der Waals surface area contributed by atoms with Crippen LogP contribution in [0.3, 0.4) is 0 Å². The van der Waals surface area contributed by atoms with Crippen molar-refractivity contribution in [2.24, 2.45) is 11.7 Å². The number of hydrogen-bond donors (Lipinski definition) is 1. The summed E-state index contributed by atoms with van der Waals surface area (Å²) in [7, 11) is 2.18. The molecule has 0 atom stereocenters. The summed E-state index contributed by atoms with van der Waals surface area (Å²) in [6, 6.07) is 7.70. The minimum Gasteiger partial charge on any atom is -0.366 e. The van der Waals surface area contributed by atoms with E-state index in [1.165, 1.54) is 31.5 Å². The third-order valence-corrected chi connectivity index (χ3v) is 3.60. The molecule has 0 spiro atoms. The van der Waals surface area contributed by atoms with Crippen LogP contribution < -0.4 is 5.73 Å². The van der Waals surface area contributed by atoms with Crippen LogP contribution in [0, 0.1) is 5.92 Å². The Kier molecular flexibility index (Phi) is 3.79. The average Bonchev–Trinajstić information content (AvgIpc) is 2.33. The Balaban J connectivity index is 1.92. The quantitative estimate of drug-likeness (QED) is 0.861. The minimum atomic E-state index is -0.351. The number of likely N-dealkylation sites (tertiary alicyclic amines) is 1. The molecule has 0 saturated carbocycles. The van der Waals surface area contributed by atoms with E-state index >= 15 is 0 Å². The van der Waals surface area contributed by atoms with Crippen LogP contribution in [0.5, 0.6) is 0 Å². The second-order valence-corrected chi connectivity index (χ2v) is 5.01. The second kappa shape index (κ2) is 5.32. The van der Waals surface area contributed by atoms with E-state index in [1.807, 2.05) is 24.3 Å². The van der Waals surface area contributed by atoms with Gasteiger partial charge in [0.2, 0.25) is 5.91 Å². The number of hydrogen-bond acceptors (Lipinski definition) is 2. The van der Waals surface area contributed by atoms with Gasteiger partial charge in [-0.25, -0.2) is 0 Å². The van der Waals surface area contributed by atoms with Crippen LogP contribution in [-0.2, 0) is 6.42 Å². The van der Waals surface area contributed by atoms with Crippen molar-refractivity contribution in [2.45, 2.75) is 19.3 Å². The Hall–Kier alpha value is -1.35. The minimum absolute atomic E-state index is 0.351. The van der Waals surface area contributed by atoms with E-state index in [2.05, 4.69) is 11.9 Å². The van der Waals surface area contributed by atoms with Crippen LogP contribution in [0.25, 0.3) is 0 Å². The van der Waals surface area contributed by atoms with Crippen molar-refractivity contribution in [1.82, 2.24) is 4.90 Å². The van der Waals surface area contributed by atoms with Gasteiger partial charge in [0.15, 0.2) is 0 Å². The highest BCUT2D eigenvalue weighted by atomic mass is 16.1. The van der Waals surface area contributed by atoms with E-state index in [0.717, 1.165) is 12.3 Å². The molecule has 1 aromatic carbocycles. The molecule has 92 valence electrons. The summed E-state index contributed by atoms with van der Waals surface area (Å²) in [5.74, 6) is 0.432. The van der Waals surface area contributed by atoms with Crippen molar-refractivity contribution in [3.63, 3.8) is 0 Å². The Morgan fingerprint density at radius 2 is 1.88 bits per heavy atom. The molecular formula is C14H20N2O. The summed E-state index contributed by atoms with van der Waals surface area (Å²) in [5, 5.41) is 0. The first-order valence-corrected chi connectivity index (χ1v) is 6.22. The van der Waals surface area contributed by atoms with E-state index in [1.54, 1.807) is 0 Å². The predicted molar refractivity (Wildman–Crippen MR) is 68.9 cm³/mol. The van der Waals surface area contributed by atoms with Gasteiger partial charge in [-0.3, -0.25) is 4.79 Å². The predicted octanol–water partition coefficient (Wildman–Crippen LogP) is 1.67. The van der Waals surface area contributed by atoms with Crippen LogP contribution >= 0.6 is 0 Å².